The molecule has 0 saturated carbocycles. The molecule has 0 spiro atoms. The second-order valence-corrected chi connectivity index (χ2v) is 6.73. The summed E-state index contributed by atoms with van der Waals surface area (Å²) in [6.45, 7) is 7.99. The van der Waals surface area contributed by atoms with Crippen LogP contribution in [0.15, 0.2) is 29.5 Å². The number of allylic oxidation sites excluding steroid dienone is 1. The zero-order chi connectivity index (χ0) is 20.3. The van der Waals surface area contributed by atoms with Gasteiger partial charge in [0.15, 0.2) is 11.5 Å². The van der Waals surface area contributed by atoms with Crippen molar-refractivity contribution < 1.29 is 19.0 Å². The molecule has 1 N–H and O–H groups in total. The monoisotopic (exact) mass is 387 g/mol. The number of hydrogen-bond acceptors (Lipinski definition) is 8. The van der Waals surface area contributed by atoms with Gasteiger partial charge in [0.1, 0.15) is 6.04 Å². The maximum absolute atomic E-state index is 12.8. The third-order valence-electron chi connectivity index (χ3n) is 4.24. The van der Waals surface area contributed by atoms with Gasteiger partial charge in [0, 0.05) is 5.70 Å². The van der Waals surface area contributed by atoms with Crippen LogP contribution in [0.3, 0.4) is 0 Å². The van der Waals surface area contributed by atoms with Crippen LogP contribution in [0, 0.1) is 0 Å². The first kappa shape index (κ1) is 19.7. The second-order valence-electron chi connectivity index (χ2n) is 6.73. The minimum Gasteiger partial charge on any atom is -0.493 e. The summed E-state index contributed by atoms with van der Waals surface area (Å²) in [5, 5.41) is 14.9. The van der Waals surface area contributed by atoms with E-state index < -0.39 is 12.0 Å². The summed E-state index contributed by atoms with van der Waals surface area (Å²) in [6.07, 6.45) is 0.743. The Bertz CT molecular complexity index is 890. The van der Waals surface area contributed by atoms with E-state index >= 15 is 0 Å². The standard InChI is InChI=1S/C19H25N5O4/c1-6-9-27-18(25)16-12(4)20-19-21-22-23-24(19)17(16)13-7-8-14(28-11(2)3)15(10-13)26-5/h7-8,10-11,17H,6,9H2,1-5H3,(H,20,21,23). The van der Waals surface area contributed by atoms with E-state index in [1.54, 1.807) is 18.7 Å². The molecule has 1 aromatic heterocycles. The number of hydrogen-bond donors (Lipinski definition) is 1. The molecule has 9 nitrogen and oxygen atoms in total. The van der Waals surface area contributed by atoms with Gasteiger partial charge in [-0.25, -0.2) is 4.79 Å². The lowest BCUT2D eigenvalue weighted by Crippen LogP contribution is -2.29. The van der Waals surface area contributed by atoms with Gasteiger partial charge < -0.3 is 19.5 Å². The predicted molar refractivity (Wildman–Crippen MR) is 102 cm³/mol. The van der Waals surface area contributed by atoms with Gasteiger partial charge in [-0.3, -0.25) is 0 Å². The van der Waals surface area contributed by atoms with Crippen molar-refractivity contribution in [2.45, 2.75) is 46.3 Å². The predicted octanol–water partition coefficient (Wildman–Crippen LogP) is 2.71. The number of methoxy groups -OCH3 is 1. The van der Waals surface area contributed by atoms with Crippen LogP contribution in [0.5, 0.6) is 11.5 Å². The van der Waals surface area contributed by atoms with Crippen molar-refractivity contribution in [2.24, 2.45) is 0 Å². The Morgan fingerprint density at radius 2 is 2.11 bits per heavy atom. The number of ether oxygens (including phenoxy) is 3. The number of carbonyl (C=O) groups excluding carboxylic acids is 1. The fourth-order valence-corrected chi connectivity index (χ4v) is 3.06. The highest BCUT2D eigenvalue weighted by atomic mass is 16.5. The molecule has 2 heterocycles. The third-order valence-corrected chi connectivity index (χ3v) is 4.24. The van der Waals surface area contributed by atoms with Crippen molar-refractivity contribution in [3.05, 3.63) is 35.0 Å². The molecule has 1 aromatic carbocycles. The Labute approximate surface area is 163 Å². The van der Waals surface area contributed by atoms with Gasteiger partial charge in [-0.1, -0.05) is 18.1 Å². The average molecular weight is 387 g/mol. The Morgan fingerprint density at radius 1 is 1.32 bits per heavy atom. The van der Waals surface area contributed by atoms with E-state index in [9.17, 15) is 4.79 Å². The summed E-state index contributed by atoms with van der Waals surface area (Å²) < 4.78 is 18.3. The van der Waals surface area contributed by atoms with E-state index in [0.29, 0.717) is 35.3 Å². The first-order valence-electron chi connectivity index (χ1n) is 9.23. The third kappa shape index (κ3) is 3.78. The summed E-state index contributed by atoms with van der Waals surface area (Å²) in [5.41, 5.74) is 1.88. The van der Waals surface area contributed by atoms with Crippen molar-refractivity contribution in [3.63, 3.8) is 0 Å². The van der Waals surface area contributed by atoms with Gasteiger partial charge in [-0.2, -0.15) is 4.68 Å². The molecular weight excluding hydrogens is 362 g/mol. The average Bonchev–Trinajstić information content (AvgIpc) is 3.12. The van der Waals surface area contributed by atoms with Gasteiger partial charge in [-0.05, 0) is 55.3 Å². The van der Waals surface area contributed by atoms with Crippen LogP contribution in [0.1, 0.15) is 45.7 Å². The van der Waals surface area contributed by atoms with Crippen LogP contribution in [0.2, 0.25) is 0 Å². The Kier molecular flexibility index (Phi) is 5.81. The van der Waals surface area contributed by atoms with Gasteiger partial charge in [-0.15, -0.1) is 0 Å². The van der Waals surface area contributed by atoms with Crippen molar-refractivity contribution >= 4 is 11.9 Å². The zero-order valence-corrected chi connectivity index (χ0v) is 16.7. The minimum atomic E-state index is -0.544. The quantitative estimate of drug-likeness (QED) is 0.724. The molecule has 0 radical (unpaired) electrons. The van der Waals surface area contributed by atoms with E-state index in [-0.39, 0.29) is 6.10 Å². The molecule has 9 heteroatoms. The fraction of sp³-hybridized carbons (Fsp3) is 0.474. The molecule has 2 aromatic rings. The molecular formula is C19H25N5O4. The summed E-state index contributed by atoms with van der Waals surface area (Å²) in [7, 11) is 1.58. The van der Waals surface area contributed by atoms with E-state index in [0.717, 1.165) is 12.0 Å². The largest absolute Gasteiger partial charge is 0.493 e. The Morgan fingerprint density at radius 3 is 2.79 bits per heavy atom. The number of esters is 1. The topological polar surface area (TPSA) is 100 Å². The summed E-state index contributed by atoms with van der Waals surface area (Å²) in [4.78, 5) is 12.8. The molecule has 1 atom stereocenters. The lowest BCUT2D eigenvalue weighted by molar-refractivity contribution is -0.139. The summed E-state index contributed by atoms with van der Waals surface area (Å²) in [5.74, 6) is 1.25. The minimum absolute atomic E-state index is 0.00599. The molecule has 0 amide bonds. The molecule has 3 rings (SSSR count). The van der Waals surface area contributed by atoms with Crippen molar-refractivity contribution in [3.8, 4) is 11.5 Å². The lowest BCUT2D eigenvalue weighted by atomic mass is 9.95. The smallest absolute Gasteiger partial charge is 0.338 e. The first-order chi connectivity index (χ1) is 13.5. The van der Waals surface area contributed by atoms with E-state index in [1.807, 2.05) is 39.0 Å². The van der Waals surface area contributed by atoms with Gasteiger partial charge in [0.25, 0.3) is 0 Å². The second kappa shape index (κ2) is 8.28. The Hall–Kier alpha value is -3.10. The molecule has 150 valence electrons. The van der Waals surface area contributed by atoms with E-state index in [4.69, 9.17) is 14.2 Å². The van der Waals surface area contributed by atoms with Crippen LogP contribution in [0.4, 0.5) is 5.95 Å². The number of carbonyl (C=O) groups is 1. The van der Waals surface area contributed by atoms with Crippen LogP contribution < -0.4 is 14.8 Å². The normalized spacial score (nSPS) is 15.9. The molecule has 1 aliphatic rings. The highest BCUT2D eigenvalue weighted by Gasteiger charge is 2.35. The van der Waals surface area contributed by atoms with Crippen LogP contribution >= 0.6 is 0 Å². The molecule has 0 saturated heterocycles. The molecule has 1 aliphatic heterocycles. The molecule has 0 bridgehead atoms. The maximum atomic E-state index is 12.8. The molecule has 0 fully saturated rings. The van der Waals surface area contributed by atoms with Gasteiger partial charge in [0.05, 0.1) is 25.4 Å². The summed E-state index contributed by atoms with van der Waals surface area (Å²) >= 11 is 0. The number of aromatic nitrogens is 4. The van der Waals surface area contributed by atoms with Crippen LogP contribution in [-0.2, 0) is 9.53 Å². The number of nitrogens with one attached hydrogen (secondary N) is 1. The lowest BCUT2D eigenvalue weighted by Gasteiger charge is -2.28. The van der Waals surface area contributed by atoms with Crippen molar-refractivity contribution in [1.82, 2.24) is 20.2 Å². The number of anilines is 1. The molecule has 0 aliphatic carbocycles. The highest BCUT2D eigenvalue weighted by molar-refractivity contribution is 5.92. The Balaban J connectivity index is 2.07. The zero-order valence-electron chi connectivity index (χ0n) is 16.7. The maximum Gasteiger partial charge on any atom is 0.338 e. The molecule has 1 unspecified atom stereocenters. The molecule has 28 heavy (non-hydrogen) atoms. The van der Waals surface area contributed by atoms with Gasteiger partial charge >= 0.3 is 5.97 Å². The van der Waals surface area contributed by atoms with Crippen molar-refractivity contribution in [1.29, 1.82) is 0 Å². The van der Waals surface area contributed by atoms with E-state index in [2.05, 4.69) is 20.8 Å². The van der Waals surface area contributed by atoms with E-state index in [1.165, 1.54) is 0 Å². The number of fused-ring (bicyclic) bond motifs is 1. The number of benzene rings is 1. The highest BCUT2D eigenvalue weighted by Crippen LogP contribution is 2.38. The van der Waals surface area contributed by atoms with Crippen LogP contribution in [-0.4, -0.2) is 46.0 Å². The number of nitrogens with zero attached hydrogens (tertiary/aromatic N) is 4. The number of tetrazole rings is 1. The SMILES string of the molecule is CCCOC(=O)C1=C(C)Nc2nnnn2C1c1ccc(OC(C)C)c(OC)c1. The van der Waals surface area contributed by atoms with Gasteiger partial charge in [0.2, 0.25) is 5.95 Å². The first-order valence-corrected chi connectivity index (χ1v) is 9.23. The fourth-order valence-electron chi connectivity index (χ4n) is 3.06. The summed E-state index contributed by atoms with van der Waals surface area (Å²) in [6, 6.07) is 4.99. The number of rotatable bonds is 7. The van der Waals surface area contributed by atoms with Crippen molar-refractivity contribution in [2.75, 3.05) is 19.0 Å². The van der Waals surface area contributed by atoms with Crippen LogP contribution in [0.25, 0.3) is 0 Å².